The van der Waals surface area contributed by atoms with Gasteiger partial charge in [0.2, 0.25) is 5.90 Å². The molecule has 0 rings (SSSR count). The van der Waals surface area contributed by atoms with Crippen LogP contribution in [0.1, 0.15) is 27.7 Å². The fraction of sp³-hybridized carbons (Fsp3) is 0.625. The van der Waals surface area contributed by atoms with Crippen LogP contribution in [-0.4, -0.2) is 12.0 Å². The highest BCUT2D eigenvalue weighted by atomic mass is 16.5. The van der Waals surface area contributed by atoms with Gasteiger partial charge in [-0.25, -0.2) is 0 Å². The van der Waals surface area contributed by atoms with E-state index in [4.69, 9.17) is 10.1 Å². The molecule has 10 heavy (non-hydrogen) atoms. The molecule has 0 heterocycles. The molecule has 0 aliphatic rings. The number of nitrogens with one attached hydrogen (secondary N) is 1. The van der Waals surface area contributed by atoms with Crippen LogP contribution in [0.4, 0.5) is 0 Å². The van der Waals surface area contributed by atoms with Crippen LogP contribution >= 0.6 is 0 Å². The van der Waals surface area contributed by atoms with Crippen LogP contribution in [0.3, 0.4) is 0 Å². The maximum atomic E-state index is 7.33. The Morgan fingerprint density at radius 2 is 2.00 bits per heavy atom. The monoisotopic (exact) mass is 141 g/mol. The summed E-state index contributed by atoms with van der Waals surface area (Å²) in [6, 6.07) is 0. The molecule has 0 aromatic heterocycles. The minimum absolute atomic E-state index is 0.0994. The summed E-state index contributed by atoms with van der Waals surface area (Å²) in [5.41, 5.74) is 0.883. The molecule has 0 bridgehead atoms. The topological polar surface area (TPSA) is 33.1 Å². The van der Waals surface area contributed by atoms with E-state index in [-0.39, 0.29) is 12.0 Å². The second kappa shape index (κ2) is 4.09. The fourth-order valence-electron chi connectivity index (χ4n) is 0.460. The average Bonchev–Trinajstić information content (AvgIpc) is 1.85. The van der Waals surface area contributed by atoms with Crippen LogP contribution in [0, 0.1) is 5.41 Å². The number of allylic oxidation sites excluding steroid dienone is 1. The van der Waals surface area contributed by atoms with E-state index in [1.165, 1.54) is 0 Å². The largest absolute Gasteiger partial charge is 0.475 e. The van der Waals surface area contributed by atoms with Crippen molar-refractivity contribution in [2.45, 2.75) is 33.8 Å². The van der Waals surface area contributed by atoms with Gasteiger partial charge in [0.05, 0.1) is 6.10 Å². The number of hydrogen-bond acceptors (Lipinski definition) is 2. The molecule has 2 nitrogen and oxygen atoms in total. The Morgan fingerprint density at radius 3 is 2.30 bits per heavy atom. The number of rotatable bonds is 2. The van der Waals surface area contributed by atoms with Gasteiger partial charge in [0, 0.05) is 5.57 Å². The molecule has 0 aliphatic heterocycles. The highest BCUT2D eigenvalue weighted by Crippen LogP contribution is 1.99. The first-order valence-corrected chi connectivity index (χ1v) is 3.46. The molecule has 0 aromatic carbocycles. The van der Waals surface area contributed by atoms with Crippen LogP contribution < -0.4 is 0 Å². The van der Waals surface area contributed by atoms with Crippen molar-refractivity contribution in [3.63, 3.8) is 0 Å². The van der Waals surface area contributed by atoms with Gasteiger partial charge in [-0.15, -0.1) is 0 Å². The summed E-state index contributed by atoms with van der Waals surface area (Å²) < 4.78 is 5.12. The molecule has 0 aliphatic carbocycles. The van der Waals surface area contributed by atoms with Crippen molar-refractivity contribution in [1.82, 2.24) is 0 Å². The molecule has 0 atom stereocenters. The van der Waals surface area contributed by atoms with Crippen LogP contribution in [0.15, 0.2) is 11.6 Å². The quantitative estimate of drug-likeness (QED) is 0.464. The van der Waals surface area contributed by atoms with Crippen molar-refractivity contribution in [2.75, 3.05) is 0 Å². The van der Waals surface area contributed by atoms with E-state index in [0.29, 0.717) is 0 Å². The van der Waals surface area contributed by atoms with Crippen molar-refractivity contribution in [1.29, 1.82) is 5.41 Å². The lowest BCUT2D eigenvalue weighted by Crippen LogP contribution is -2.11. The number of hydrogen-bond donors (Lipinski definition) is 1. The number of ether oxygens (including phenoxy) is 1. The van der Waals surface area contributed by atoms with Gasteiger partial charge >= 0.3 is 0 Å². The normalized spacial score (nSPS) is 11.9. The Kier molecular flexibility index (Phi) is 3.77. The van der Waals surface area contributed by atoms with Gasteiger partial charge in [-0.3, -0.25) is 5.41 Å². The molecule has 58 valence electrons. The second-order valence-corrected chi connectivity index (χ2v) is 2.47. The van der Waals surface area contributed by atoms with Gasteiger partial charge in [-0.2, -0.15) is 0 Å². The van der Waals surface area contributed by atoms with Crippen molar-refractivity contribution < 1.29 is 4.74 Å². The highest BCUT2D eigenvalue weighted by molar-refractivity contribution is 5.90. The van der Waals surface area contributed by atoms with E-state index in [2.05, 4.69) is 0 Å². The van der Waals surface area contributed by atoms with E-state index in [1.807, 2.05) is 33.8 Å². The van der Waals surface area contributed by atoms with Gasteiger partial charge in [0.25, 0.3) is 0 Å². The zero-order chi connectivity index (χ0) is 8.15. The van der Waals surface area contributed by atoms with Gasteiger partial charge in [0.15, 0.2) is 0 Å². The molecule has 0 aromatic rings. The molecule has 1 N–H and O–H groups in total. The van der Waals surface area contributed by atoms with E-state index in [9.17, 15) is 0 Å². The van der Waals surface area contributed by atoms with Crippen molar-refractivity contribution in [3.8, 4) is 0 Å². The molecular formula is C8H15NO. The molecule has 0 amide bonds. The fourth-order valence-corrected chi connectivity index (χ4v) is 0.460. The lowest BCUT2D eigenvalue weighted by molar-refractivity contribution is 0.226. The lowest BCUT2D eigenvalue weighted by Gasteiger charge is -2.09. The van der Waals surface area contributed by atoms with E-state index in [0.717, 1.165) is 5.57 Å². The Bertz CT molecular complexity index is 147. The Morgan fingerprint density at radius 1 is 1.50 bits per heavy atom. The molecule has 0 unspecified atom stereocenters. The van der Waals surface area contributed by atoms with E-state index < -0.39 is 0 Å². The van der Waals surface area contributed by atoms with Gasteiger partial charge in [-0.1, -0.05) is 6.08 Å². The lowest BCUT2D eigenvalue weighted by atomic mass is 10.3. The Balaban J connectivity index is 3.86. The van der Waals surface area contributed by atoms with Crippen molar-refractivity contribution >= 4 is 5.90 Å². The Hall–Kier alpha value is -0.790. The van der Waals surface area contributed by atoms with E-state index in [1.54, 1.807) is 0 Å². The average molecular weight is 141 g/mol. The summed E-state index contributed by atoms with van der Waals surface area (Å²) in [5.74, 6) is 0.275. The summed E-state index contributed by atoms with van der Waals surface area (Å²) in [7, 11) is 0. The maximum Gasteiger partial charge on any atom is 0.208 e. The first kappa shape index (κ1) is 9.21. The molecular weight excluding hydrogens is 126 g/mol. The summed E-state index contributed by atoms with van der Waals surface area (Å²) >= 11 is 0. The zero-order valence-electron chi connectivity index (χ0n) is 7.06. The standard InChI is InChI=1S/C8H15NO/c1-5-7(4)8(9)10-6(2)3/h5-6,9H,1-4H3. The third-order valence-corrected chi connectivity index (χ3v) is 1.14. The van der Waals surface area contributed by atoms with Gasteiger partial charge in [-0.05, 0) is 27.7 Å². The van der Waals surface area contributed by atoms with Crippen LogP contribution in [-0.2, 0) is 4.74 Å². The SMILES string of the molecule is CC=C(C)C(=N)OC(C)C. The maximum absolute atomic E-state index is 7.33. The molecule has 0 radical (unpaired) electrons. The summed E-state index contributed by atoms with van der Waals surface area (Å²) in [5, 5.41) is 7.33. The molecule has 2 heteroatoms. The smallest absolute Gasteiger partial charge is 0.208 e. The Labute approximate surface area is 62.4 Å². The van der Waals surface area contributed by atoms with Crippen LogP contribution in [0.2, 0.25) is 0 Å². The molecule has 0 fully saturated rings. The zero-order valence-corrected chi connectivity index (χ0v) is 7.06. The first-order chi connectivity index (χ1) is 4.57. The van der Waals surface area contributed by atoms with E-state index >= 15 is 0 Å². The van der Waals surface area contributed by atoms with Crippen molar-refractivity contribution in [2.24, 2.45) is 0 Å². The minimum Gasteiger partial charge on any atom is -0.475 e. The second-order valence-electron chi connectivity index (χ2n) is 2.47. The predicted octanol–water partition coefficient (Wildman–Crippen LogP) is 2.35. The van der Waals surface area contributed by atoms with Gasteiger partial charge < -0.3 is 4.74 Å². The predicted molar refractivity (Wildman–Crippen MR) is 43.4 cm³/mol. The summed E-state index contributed by atoms with van der Waals surface area (Å²) in [6.45, 7) is 7.59. The molecule has 0 saturated heterocycles. The van der Waals surface area contributed by atoms with Crippen LogP contribution in [0.25, 0.3) is 0 Å². The van der Waals surface area contributed by atoms with Gasteiger partial charge in [0.1, 0.15) is 0 Å². The summed E-state index contributed by atoms with van der Waals surface area (Å²) in [4.78, 5) is 0. The molecule has 0 spiro atoms. The van der Waals surface area contributed by atoms with Crippen molar-refractivity contribution in [3.05, 3.63) is 11.6 Å². The minimum atomic E-state index is 0.0994. The third kappa shape index (κ3) is 3.28. The molecule has 0 saturated carbocycles. The third-order valence-electron chi connectivity index (χ3n) is 1.14. The van der Waals surface area contributed by atoms with Crippen LogP contribution in [0.5, 0.6) is 0 Å². The summed E-state index contributed by atoms with van der Waals surface area (Å²) in [6.07, 6.45) is 1.97. The first-order valence-electron chi connectivity index (χ1n) is 3.46. The highest BCUT2D eigenvalue weighted by Gasteiger charge is 2.00.